The number of para-hydroxylation sites is 1. The van der Waals surface area contributed by atoms with Crippen molar-refractivity contribution in [1.82, 2.24) is 14.3 Å². The van der Waals surface area contributed by atoms with Crippen LogP contribution in [0.3, 0.4) is 0 Å². The number of likely N-dealkylation sites (tertiary alicyclic amines) is 1. The predicted octanol–water partition coefficient (Wildman–Crippen LogP) is 3.97. The van der Waals surface area contributed by atoms with E-state index < -0.39 is 0 Å². The van der Waals surface area contributed by atoms with E-state index in [1.165, 1.54) is 31.4 Å². The zero-order valence-electron chi connectivity index (χ0n) is 15.3. The molecule has 0 bridgehead atoms. The number of benzene rings is 1. The number of imidazole rings is 1. The Labute approximate surface area is 154 Å². The molecule has 3 aromatic rings. The first-order valence-electron chi connectivity index (χ1n) is 9.38. The monoisotopic (exact) mass is 350 g/mol. The summed E-state index contributed by atoms with van der Waals surface area (Å²) in [4.78, 5) is 7.46. The number of hydrogen-bond donors (Lipinski definition) is 1. The largest absolute Gasteiger partial charge is 0.496 e. The second kappa shape index (κ2) is 7.38. The summed E-state index contributed by atoms with van der Waals surface area (Å²) in [7, 11) is 1.71. The van der Waals surface area contributed by atoms with Crippen LogP contribution in [0.25, 0.3) is 16.9 Å². The third kappa shape index (κ3) is 3.27. The minimum absolute atomic E-state index is 0.749. The molecular formula is C21H26N4O. The first kappa shape index (κ1) is 16.9. The number of ether oxygens (including phenoxy) is 1. The van der Waals surface area contributed by atoms with Crippen molar-refractivity contribution in [2.24, 2.45) is 0 Å². The van der Waals surface area contributed by atoms with E-state index in [1.54, 1.807) is 7.11 Å². The van der Waals surface area contributed by atoms with Crippen molar-refractivity contribution in [3.05, 3.63) is 48.3 Å². The highest BCUT2D eigenvalue weighted by Crippen LogP contribution is 2.33. The maximum absolute atomic E-state index is 6.07. The molecule has 1 aliphatic heterocycles. The first-order valence-corrected chi connectivity index (χ1v) is 9.38. The maximum atomic E-state index is 6.07. The van der Waals surface area contributed by atoms with E-state index in [2.05, 4.69) is 15.4 Å². The van der Waals surface area contributed by atoms with Crippen LogP contribution in [0.15, 0.2) is 42.6 Å². The summed E-state index contributed by atoms with van der Waals surface area (Å²) in [5, 5.41) is 0. The number of pyridine rings is 1. The van der Waals surface area contributed by atoms with E-state index in [-0.39, 0.29) is 0 Å². The Morgan fingerprint density at radius 1 is 1.04 bits per heavy atom. The number of fused-ring (bicyclic) bond motifs is 1. The number of anilines is 1. The average molecular weight is 350 g/mol. The molecule has 5 heteroatoms. The van der Waals surface area contributed by atoms with E-state index in [1.807, 2.05) is 36.5 Å². The number of nitrogens with zero attached hydrogens (tertiary/aromatic N) is 3. The van der Waals surface area contributed by atoms with Crippen molar-refractivity contribution in [2.45, 2.75) is 32.2 Å². The van der Waals surface area contributed by atoms with Gasteiger partial charge in [0.2, 0.25) is 0 Å². The van der Waals surface area contributed by atoms with Crippen molar-refractivity contribution in [3.8, 4) is 17.0 Å². The lowest BCUT2D eigenvalue weighted by Crippen LogP contribution is -2.25. The molecule has 0 radical (unpaired) electrons. The highest BCUT2D eigenvalue weighted by Gasteiger charge is 2.20. The third-order valence-corrected chi connectivity index (χ3v) is 5.17. The van der Waals surface area contributed by atoms with Crippen LogP contribution in [0.4, 0.5) is 5.69 Å². The summed E-state index contributed by atoms with van der Waals surface area (Å²) in [6, 6.07) is 12.0. The second-order valence-corrected chi connectivity index (χ2v) is 6.99. The van der Waals surface area contributed by atoms with Gasteiger partial charge < -0.3 is 14.9 Å². The van der Waals surface area contributed by atoms with Gasteiger partial charge in [0.1, 0.15) is 11.4 Å². The Kier molecular flexibility index (Phi) is 4.80. The zero-order valence-corrected chi connectivity index (χ0v) is 15.3. The molecule has 1 fully saturated rings. The first-order chi connectivity index (χ1) is 12.8. The maximum Gasteiger partial charge on any atom is 0.137 e. The molecule has 1 aromatic carbocycles. The normalized spacial score (nSPS) is 15.9. The molecule has 26 heavy (non-hydrogen) atoms. The van der Waals surface area contributed by atoms with E-state index >= 15 is 0 Å². The minimum Gasteiger partial charge on any atom is -0.496 e. The lowest BCUT2D eigenvalue weighted by atomic mass is 10.1. The summed E-state index contributed by atoms with van der Waals surface area (Å²) < 4.78 is 7.74. The summed E-state index contributed by atoms with van der Waals surface area (Å²) in [6.45, 7) is 3.15. The molecule has 0 atom stereocenters. The van der Waals surface area contributed by atoms with Crippen LogP contribution < -0.4 is 10.5 Å². The molecule has 5 nitrogen and oxygen atoms in total. The van der Waals surface area contributed by atoms with Gasteiger partial charge in [-0.15, -0.1) is 0 Å². The van der Waals surface area contributed by atoms with Crippen LogP contribution in [0.1, 0.15) is 31.4 Å². The fourth-order valence-electron chi connectivity index (χ4n) is 3.82. The van der Waals surface area contributed by atoms with Gasteiger partial charge in [0.05, 0.1) is 18.5 Å². The topological polar surface area (TPSA) is 55.8 Å². The van der Waals surface area contributed by atoms with Crippen molar-refractivity contribution in [2.75, 3.05) is 25.9 Å². The van der Waals surface area contributed by atoms with Crippen LogP contribution in [0.2, 0.25) is 0 Å². The van der Waals surface area contributed by atoms with E-state index in [0.29, 0.717) is 0 Å². The molecular weight excluding hydrogens is 324 g/mol. The number of rotatable bonds is 4. The predicted molar refractivity (Wildman–Crippen MR) is 105 cm³/mol. The van der Waals surface area contributed by atoms with Gasteiger partial charge in [-0.1, -0.05) is 25.0 Å². The van der Waals surface area contributed by atoms with Crippen molar-refractivity contribution >= 4 is 11.3 Å². The molecule has 3 heterocycles. The summed E-state index contributed by atoms with van der Waals surface area (Å²) >= 11 is 0. The summed E-state index contributed by atoms with van der Waals surface area (Å²) in [6.07, 6.45) is 7.17. The minimum atomic E-state index is 0.749. The van der Waals surface area contributed by atoms with Crippen molar-refractivity contribution < 1.29 is 4.74 Å². The van der Waals surface area contributed by atoms with E-state index in [9.17, 15) is 0 Å². The molecule has 2 N–H and O–H groups in total. The molecule has 0 aliphatic carbocycles. The Balaban J connectivity index is 1.83. The molecule has 136 valence electrons. The Bertz CT molecular complexity index is 894. The molecule has 0 saturated carbocycles. The molecule has 0 spiro atoms. The van der Waals surface area contributed by atoms with Crippen LogP contribution in [-0.2, 0) is 6.54 Å². The fraction of sp³-hybridized carbons (Fsp3) is 0.381. The van der Waals surface area contributed by atoms with Gasteiger partial charge in [-0.25, -0.2) is 4.98 Å². The van der Waals surface area contributed by atoms with Gasteiger partial charge in [0, 0.05) is 24.0 Å². The SMILES string of the molecule is COc1ccccc1-c1nc2ccc(N)cn2c1CN1CCCCCC1. The van der Waals surface area contributed by atoms with Gasteiger partial charge in [0.25, 0.3) is 0 Å². The van der Waals surface area contributed by atoms with Crippen LogP contribution in [-0.4, -0.2) is 34.5 Å². The van der Waals surface area contributed by atoms with Crippen molar-refractivity contribution in [3.63, 3.8) is 0 Å². The smallest absolute Gasteiger partial charge is 0.137 e. The van der Waals surface area contributed by atoms with E-state index in [0.717, 1.165) is 48.0 Å². The lowest BCUT2D eigenvalue weighted by Gasteiger charge is -2.20. The summed E-state index contributed by atoms with van der Waals surface area (Å²) in [5.41, 5.74) is 10.9. The standard InChI is InChI=1S/C21H26N4O/c1-26-19-9-5-4-8-17(19)21-18(15-24-12-6-2-3-7-13-24)25-14-16(22)10-11-20(25)23-21/h4-5,8-11,14H,2-3,6-7,12-13,15,22H2,1H3. The van der Waals surface area contributed by atoms with Gasteiger partial charge in [-0.2, -0.15) is 0 Å². The lowest BCUT2D eigenvalue weighted by molar-refractivity contribution is 0.273. The highest BCUT2D eigenvalue weighted by atomic mass is 16.5. The van der Waals surface area contributed by atoms with Crippen LogP contribution in [0.5, 0.6) is 5.75 Å². The van der Waals surface area contributed by atoms with Gasteiger partial charge in [-0.05, 0) is 50.2 Å². The number of methoxy groups -OCH3 is 1. The van der Waals surface area contributed by atoms with Gasteiger partial charge in [0.15, 0.2) is 0 Å². The fourth-order valence-corrected chi connectivity index (χ4v) is 3.82. The van der Waals surface area contributed by atoms with Gasteiger partial charge >= 0.3 is 0 Å². The van der Waals surface area contributed by atoms with Gasteiger partial charge in [-0.3, -0.25) is 4.90 Å². The molecule has 0 amide bonds. The Morgan fingerprint density at radius 2 is 1.81 bits per heavy atom. The molecule has 4 rings (SSSR count). The van der Waals surface area contributed by atoms with E-state index in [4.69, 9.17) is 15.5 Å². The molecule has 0 unspecified atom stereocenters. The van der Waals surface area contributed by atoms with Crippen molar-refractivity contribution in [1.29, 1.82) is 0 Å². The summed E-state index contributed by atoms with van der Waals surface area (Å²) in [5.74, 6) is 0.848. The number of aromatic nitrogens is 2. The molecule has 1 aliphatic rings. The number of nitrogens with two attached hydrogens (primary N) is 1. The second-order valence-electron chi connectivity index (χ2n) is 6.99. The molecule has 1 saturated heterocycles. The number of hydrogen-bond acceptors (Lipinski definition) is 4. The quantitative estimate of drug-likeness (QED) is 0.773. The third-order valence-electron chi connectivity index (χ3n) is 5.17. The zero-order chi connectivity index (χ0) is 17.9. The highest BCUT2D eigenvalue weighted by molar-refractivity contribution is 5.72. The van der Waals surface area contributed by atoms with Crippen LogP contribution >= 0.6 is 0 Å². The number of nitrogen functional groups attached to an aromatic ring is 1. The molecule has 2 aromatic heterocycles. The van der Waals surface area contributed by atoms with Crippen LogP contribution in [0, 0.1) is 0 Å². The Hall–Kier alpha value is -2.53. The average Bonchev–Trinajstić information content (AvgIpc) is 2.83. The Morgan fingerprint density at radius 3 is 2.58 bits per heavy atom.